The molecule has 0 radical (unpaired) electrons. The van der Waals surface area contributed by atoms with Crippen LogP contribution in [-0.4, -0.2) is 49.9 Å². The number of carbonyl (C=O) groups excluding carboxylic acids is 1. The summed E-state index contributed by atoms with van der Waals surface area (Å²) < 4.78 is 1.81. The highest BCUT2D eigenvalue weighted by atomic mass is 16.3. The number of aliphatic hydroxyl groups excluding tert-OH is 2. The molecule has 0 atom stereocenters. The summed E-state index contributed by atoms with van der Waals surface area (Å²) >= 11 is 0. The van der Waals surface area contributed by atoms with Gasteiger partial charge in [0.05, 0.1) is 24.4 Å². The van der Waals surface area contributed by atoms with Gasteiger partial charge in [0.25, 0.3) is 0 Å². The predicted octanol–water partition coefficient (Wildman–Crippen LogP) is 2.44. The Balaban J connectivity index is 1.80. The Morgan fingerprint density at radius 3 is 2.30 bits per heavy atom. The van der Waals surface area contributed by atoms with Crippen molar-refractivity contribution in [3.8, 4) is 0 Å². The maximum Gasteiger partial charge on any atom is 0.217 e. The molecule has 0 aliphatic rings. The van der Waals surface area contributed by atoms with E-state index in [0.717, 1.165) is 25.1 Å². The van der Waals surface area contributed by atoms with Gasteiger partial charge in [0.1, 0.15) is 0 Å². The van der Waals surface area contributed by atoms with Gasteiger partial charge in [-0.2, -0.15) is 0 Å². The first-order chi connectivity index (χ1) is 14.5. The van der Waals surface area contributed by atoms with Crippen molar-refractivity contribution < 1.29 is 15.0 Å². The number of unbranched alkanes of at least 4 members (excludes halogenated alkanes) is 3. The molecule has 0 fully saturated rings. The van der Waals surface area contributed by atoms with Crippen LogP contribution in [-0.2, 0) is 30.6 Å². The van der Waals surface area contributed by atoms with Crippen LogP contribution in [0.4, 0.5) is 0 Å². The maximum absolute atomic E-state index is 11.3. The fraction of sp³-hybridized carbons (Fsp3) is 0.609. The Kier molecular flexibility index (Phi) is 9.97. The molecule has 2 rings (SSSR count). The van der Waals surface area contributed by atoms with Gasteiger partial charge in [0, 0.05) is 19.7 Å². The van der Waals surface area contributed by atoms with Crippen molar-refractivity contribution in [3.63, 3.8) is 0 Å². The average molecular weight is 417 g/mol. The van der Waals surface area contributed by atoms with E-state index in [1.807, 2.05) is 10.9 Å². The van der Waals surface area contributed by atoms with Gasteiger partial charge in [0.15, 0.2) is 0 Å². The molecule has 7 nitrogen and oxygen atoms in total. The Morgan fingerprint density at radius 2 is 1.70 bits per heavy atom. The molecule has 0 spiro atoms. The van der Waals surface area contributed by atoms with E-state index in [1.165, 1.54) is 43.7 Å². The lowest BCUT2D eigenvalue weighted by atomic mass is 9.94. The lowest BCUT2D eigenvalue weighted by molar-refractivity contribution is -0.122. The summed E-state index contributed by atoms with van der Waals surface area (Å²) in [6.45, 7) is 3.68. The van der Waals surface area contributed by atoms with Crippen molar-refractivity contribution in [1.29, 1.82) is 0 Å². The number of amides is 1. The molecule has 30 heavy (non-hydrogen) atoms. The first-order valence-electron chi connectivity index (χ1n) is 11.0. The van der Waals surface area contributed by atoms with E-state index in [2.05, 4.69) is 46.8 Å². The van der Waals surface area contributed by atoms with E-state index in [9.17, 15) is 15.0 Å². The van der Waals surface area contributed by atoms with E-state index < -0.39 is 5.54 Å². The van der Waals surface area contributed by atoms with Gasteiger partial charge >= 0.3 is 0 Å². The molecule has 1 aromatic carbocycles. The van der Waals surface area contributed by atoms with E-state index in [0.29, 0.717) is 12.8 Å². The zero-order valence-electron chi connectivity index (χ0n) is 18.3. The van der Waals surface area contributed by atoms with Crippen molar-refractivity contribution in [3.05, 3.63) is 47.3 Å². The number of nitrogens with one attached hydrogen (secondary N) is 1. The van der Waals surface area contributed by atoms with Crippen molar-refractivity contribution in [2.75, 3.05) is 13.2 Å². The second-order valence-corrected chi connectivity index (χ2v) is 8.13. The third kappa shape index (κ3) is 7.88. The Labute approximate surface area is 179 Å². The minimum atomic E-state index is -1.03. The van der Waals surface area contributed by atoms with Crippen molar-refractivity contribution in [2.45, 2.75) is 77.3 Å². The van der Waals surface area contributed by atoms with E-state index in [-0.39, 0.29) is 19.1 Å². The summed E-state index contributed by atoms with van der Waals surface area (Å²) in [4.78, 5) is 11.3. The zero-order chi connectivity index (χ0) is 21.8. The van der Waals surface area contributed by atoms with Crippen LogP contribution in [0.15, 0.2) is 30.5 Å². The third-order valence-electron chi connectivity index (χ3n) is 5.46. The quantitative estimate of drug-likeness (QED) is 0.411. The topological polar surface area (TPSA) is 100 Å². The molecule has 3 N–H and O–H groups in total. The van der Waals surface area contributed by atoms with Gasteiger partial charge in [-0.3, -0.25) is 9.48 Å². The number of hydrogen-bond acceptors (Lipinski definition) is 5. The van der Waals surface area contributed by atoms with Crippen LogP contribution in [0.5, 0.6) is 0 Å². The summed E-state index contributed by atoms with van der Waals surface area (Å²) in [5.74, 6) is -0.284. The Bertz CT molecular complexity index is 754. The number of aryl methyl sites for hydroxylation is 4. The van der Waals surface area contributed by atoms with Crippen LogP contribution in [0.3, 0.4) is 0 Å². The lowest BCUT2D eigenvalue weighted by Crippen LogP contribution is -2.53. The highest BCUT2D eigenvalue weighted by Crippen LogP contribution is 2.14. The molecule has 0 aliphatic heterocycles. The van der Waals surface area contributed by atoms with Crippen LogP contribution in [0.1, 0.15) is 62.8 Å². The summed E-state index contributed by atoms with van der Waals surface area (Å²) in [5, 5.41) is 30.2. The number of hydrogen-bond donors (Lipinski definition) is 3. The van der Waals surface area contributed by atoms with Crippen LogP contribution in [0.2, 0.25) is 0 Å². The highest BCUT2D eigenvalue weighted by molar-refractivity contribution is 5.73. The first-order valence-corrected chi connectivity index (χ1v) is 11.0. The van der Waals surface area contributed by atoms with E-state index in [1.54, 1.807) is 0 Å². The molecule has 0 saturated carbocycles. The monoisotopic (exact) mass is 416 g/mol. The molecule has 0 saturated heterocycles. The summed E-state index contributed by atoms with van der Waals surface area (Å²) in [5.41, 5.74) is 2.41. The fourth-order valence-electron chi connectivity index (χ4n) is 3.52. The molecule has 7 heteroatoms. The number of aliphatic hydroxyl groups is 2. The largest absolute Gasteiger partial charge is 0.394 e. The Morgan fingerprint density at radius 1 is 1.03 bits per heavy atom. The third-order valence-corrected chi connectivity index (χ3v) is 5.46. The first kappa shape index (κ1) is 24.0. The van der Waals surface area contributed by atoms with Gasteiger partial charge in [-0.25, -0.2) is 0 Å². The van der Waals surface area contributed by atoms with E-state index in [4.69, 9.17) is 0 Å². The van der Waals surface area contributed by atoms with E-state index >= 15 is 0 Å². The molecule has 2 aromatic rings. The maximum atomic E-state index is 11.3. The molecule has 1 amide bonds. The molecular weight excluding hydrogens is 380 g/mol. The van der Waals surface area contributed by atoms with Gasteiger partial charge in [-0.1, -0.05) is 55.7 Å². The van der Waals surface area contributed by atoms with Gasteiger partial charge in [0.2, 0.25) is 5.91 Å². The lowest BCUT2D eigenvalue weighted by Gasteiger charge is -2.30. The molecule has 166 valence electrons. The minimum Gasteiger partial charge on any atom is -0.394 e. The van der Waals surface area contributed by atoms with Crippen LogP contribution >= 0.6 is 0 Å². The van der Waals surface area contributed by atoms with Gasteiger partial charge in [-0.05, 0) is 43.2 Å². The molecule has 1 heterocycles. The summed E-state index contributed by atoms with van der Waals surface area (Å²) in [6.07, 6.45) is 9.94. The molecule has 0 aliphatic carbocycles. The van der Waals surface area contributed by atoms with Crippen LogP contribution in [0, 0.1) is 0 Å². The normalized spacial score (nSPS) is 11.6. The van der Waals surface area contributed by atoms with Crippen LogP contribution < -0.4 is 5.32 Å². The second kappa shape index (κ2) is 12.4. The molecule has 0 bridgehead atoms. The SMILES string of the molecule is CCCCCCc1ccc(CCn2cc(CCC(CO)(CO)NC(C)=O)nn2)cc1. The minimum absolute atomic E-state index is 0.284. The average Bonchev–Trinajstić information content (AvgIpc) is 3.21. The Hall–Kier alpha value is -2.25. The molecule has 0 unspecified atom stereocenters. The van der Waals surface area contributed by atoms with Gasteiger partial charge in [-0.15, -0.1) is 5.10 Å². The van der Waals surface area contributed by atoms with Crippen LogP contribution in [0.25, 0.3) is 0 Å². The standard InChI is InChI=1S/C23H36N4O3/c1-3-4-5-6-7-20-8-10-21(11-9-20)13-15-27-16-22(25-26-27)12-14-23(17-28,18-29)24-19(2)30/h8-11,16,28-29H,3-7,12-15,17-18H2,1-2H3,(H,24,30). The van der Waals surface area contributed by atoms with Crippen molar-refractivity contribution in [2.24, 2.45) is 0 Å². The van der Waals surface area contributed by atoms with Crippen molar-refractivity contribution >= 4 is 5.91 Å². The highest BCUT2D eigenvalue weighted by Gasteiger charge is 2.29. The summed E-state index contributed by atoms with van der Waals surface area (Å²) in [7, 11) is 0. The zero-order valence-corrected chi connectivity index (χ0v) is 18.3. The van der Waals surface area contributed by atoms with Gasteiger partial charge < -0.3 is 15.5 Å². The number of benzene rings is 1. The number of nitrogens with zero attached hydrogens (tertiary/aromatic N) is 3. The summed E-state index contributed by atoms with van der Waals surface area (Å²) in [6, 6.07) is 8.83. The van der Waals surface area contributed by atoms with Crippen molar-refractivity contribution in [1.82, 2.24) is 20.3 Å². The molecular formula is C23H36N4O3. The predicted molar refractivity (Wildman–Crippen MR) is 117 cm³/mol. The number of rotatable bonds is 14. The molecule has 1 aromatic heterocycles. The fourth-order valence-corrected chi connectivity index (χ4v) is 3.52. The number of carbonyl (C=O) groups is 1. The smallest absolute Gasteiger partial charge is 0.217 e. The second-order valence-electron chi connectivity index (χ2n) is 8.13. The number of aromatic nitrogens is 3.